The van der Waals surface area contributed by atoms with Crippen molar-refractivity contribution in [3.63, 3.8) is 0 Å². The Labute approximate surface area is 160 Å². The molecule has 3 aromatic rings. The zero-order valence-corrected chi connectivity index (χ0v) is 15.5. The van der Waals surface area contributed by atoms with Crippen LogP contribution < -0.4 is 4.74 Å². The minimum Gasteiger partial charge on any atom is -0.493 e. The third-order valence-electron chi connectivity index (χ3n) is 4.31. The van der Waals surface area contributed by atoms with Crippen molar-refractivity contribution in [2.24, 2.45) is 17.3 Å². The standard InChI is InChI=1S/C19H18N4O5/c1-11-8-13(23(26)27)9-12(2)18(11)28-10-16(24)20-21-17-14-6-4-5-7-15(14)22(3)19(17)25/h4-9,25H,10H2,1-3H3. The van der Waals surface area contributed by atoms with Crippen molar-refractivity contribution in [1.82, 2.24) is 4.57 Å². The lowest BCUT2D eigenvalue weighted by Gasteiger charge is -2.10. The van der Waals surface area contributed by atoms with E-state index in [0.717, 1.165) is 5.52 Å². The van der Waals surface area contributed by atoms with E-state index >= 15 is 0 Å². The van der Waals surface area contributed by atoms with E-state index in [9.17, 15) is 20.0 Å². The number of carbonyl (C=O) groups excluding carboxylic acids is 1. The predicted molar refractivity (Wildman–Crippen MR) is 102 cm³/mol. The molecular formula is C19H18N4O5. The highest BCUT2D eigenvalue weighted by atomic mass is 16.6. The molecule has 9 nitrogen and oxygen atoms in total. The van der Waals surface area contributed by atoms with Crippen molar-refractivity contribution in [3.05, 3.63) is 57.6 Å². The highest BCUT2D eigenvalue weighted by Gasteiger charge is 2.16. The summed E-state index contributed by atoms with van der Waals surface area (Å²) >= 11 is 0. The van der Waals surface area contributed by atoms with Crippen LogP contribution in [0.3, 0.4) is 0 Å². The van der Waals surface area contributed by atoms with Gasteiger partial charge in [0.15, 0.2) is 12.3 Å². The third-order valence-corrected chi connectivity index (χ3v) is 4.31. The SMILES string of the molecule is Cc1cc([N+](=O)[O-])cc(C)c1OCC(=O)N=Nc1c(O)n(C)c2ccccc12. The van der Waals surface area contributed by atoms with Gasteiger partial charge in [0.2, 0.25) is 5.88 Å². The maximum atomic E-state index is 12.1. The van der Waals surface area contributed by atoms with Gasteiger partial charge in [-0.3, -0.25) is 14.9 Å². The molecule has 144 valence electrons. The van der Waals surface area contributed by atoms with E-state index in [1.165, 1.54) is 12.1 Å². The van der Waals surface area contributed by atoms with Gasteiger partial charge in [-0.1, -0.05) is 18.2 Å². The van der Waals surface area contributed by atoms with E-state index < -0.39 is 10.8 Å². The molecule has 2 aromatic carbocycles. The molecule has 1 amide bonds. The van der Waals surface area contributed by atoms with Crippen molar-refractivity contribution in [2.45, 2.75) is 13.8 Å². The largest absolute Gasteiger partial charge is 0.493 e. The molecule has 0 saturated carbocycles. The van der Waals surface area contributed by atoms with Gasteiger partial charge in [0.1, 0.15) is 5.75 Å². The van der Waals surface area contributed by atoms with Gasteiger partial charge in [0.05, 0.1) is 10.4 Å². The number of hydrogen-bond donors (Lipinski definition) is 1. The van der Waals surface area contributed by atoms with Gasteiger partial charge in [-0.25, -0.2) is 0 Å². The average molecular weight is 382 g/mol. The zero-order chi connectivity index (χ0) is 20.4. The Bertz CT molecular complexity index is 1090. The third kappa shape index (κ3) is 3.54. The first kappa shape index (κ1) is 19.0. The molecule has 0 aliphatic heterocycles. The number of nitro groups is 1. The molecule has 1 N–H and O–H groups in total. The summed E-state index contributed by atoms with van der Waals surface area (Å²) in [5, 5.41) is 29.3. The van der Waals surface area contributed by atoms with Gasteiger partial charge in [-0.2, -0.15) is 0 Å². The van der Waals surface area contributed by atoms with Crippen LogP contribution in [0.25, 0.3) is 10.9 Å². The quantitative estimate of drug-likeness (QED) is 0.405. The van der Waals surface area contributed by atoms with Crippen LogP contribution in [0.5, 0.6) is 11.6 Å². The number of para-hydroxylation sites is 1. The molecule has 0 bridgehead atoms. The summed E-state index contributed by atoms with van der Waals surface area (Å²) in [6, 6.07) is 9.97. The van der Waals surface area contributed by atoms with Gasteiger partial charge < -0.3 is 14.4 Å². The van der Waals surface area contributed by atoms with Crippen LogP contribution in [0.1, 0.15) is 11.1 Å². The molecule has 9 heteroatoms. The molecular weight excluding hydrogens is 364 g/mol. The van der Waals surface area contributed by atoms with Crippen molar-refractivity contribution < 1.29 is 19.6 Å². The van der Waals surface area contributed by atoms with Crippen molar-refractivity contribution in [2.75, 3.05) is 6.61 Å². The van der Waals surface area contributed by atoms with Crippen molar-refractivity contribution in [1.29, 1.82) is 0 Å². The Morgan fingerprint density at radius 3 is 2.54 bits per heavy atom. The Morgan fingerprint density at radius 2 is 1.89 bits per heavy atom. The van der Waals surface area contributed by atoms with Gasteiger partial charge in [0.25, 0.3) is 5.69 Å². The molecule has 0 radical (unpaired) electrons. The summed E-state index contributed by atoms with van der Waals surface area (Å²) < 4.78 is 7.03. The Kier molecular flexibility index (Phi) is 5.08. The molecule has 1 heterocycles. The lowest BCUT2D eigenvalue weighted by atomic mass is 10.1. The summed E-state index contributed by atoms with van der Waals surface area (Å²) in [7, 11) is 1.68. The number of non-ortho nitro benzene ring substituents is 1. The van der Waals surface area contributed by atoms with Crippen molar-refractivity contribution in [3.8, 4) is 11.6 Å². The molecule has 3 rings (SSSR count). The summed E-state index contributed by atoms with van der Waals surface area (Å²) in [5.41, 5.74) is 2.01. The van der Waals surface area contributed by atoms with Crippen LogP contribution in [0.4, 0.5) is 11.4 Å². The van der Waals surface area contributed by atoms with Crippen LogP contribution in [0.2, 0.25) is 0 Å². The number of aryl methyl sites for hydroxylation is 3. The van der Waals surface area contributed by atoms with E-state index in [1.807, 2.05) is 12.1 Å². The highest BCUT2D eigenvalue weighted by molar-refractivity contribution is 5.95. The highest BCUT2D eigenvalue weighted by Crippen LogP contribution is 2.37. The van der Waals surface area contributed by atoms with E-state index in [2.05, 4.69) is 10.2 Å². The van der Waals surface area contributed by atoms with Gasteiger partial charge in [-0.05, 0) is 31.0 Å². The number of hydrogen-bond acceptors (Lipinski definition) is 6. The molecule has 28 heavy (non-hydrogen) atoms. The number of nitro benzene ring substituents is 1. The number of fused-ring (bicyclic) bond motifs is 1. The van der Waals surface area contributed by atoms with Gasteiger partial charge >= 0.3 is 5.91 Å². The molecule has 0 aliphatic carbocycles. The number of carbonyl (C=O) groups is 1. The van der Waals surface area contributed by atoms with Gasteiger partial charge in [0, 0.05) is 24.6 Å². The fourth-order valence-electron chi connectivity index (χ4n) is 2.99. The smallest absolute Gasteiger partial charge is 0.302 e. The number of aromatic nitrogens is 1. The van der Waals surface area contributed by atoms with Crippen LogP contribution in [0.15, 0.2) is 46.6 Å². The second-order valence-electron chi connectivity index (χ2n) is 6.30. The summed E-state index contributed by atoms with van der Waals surface area (Å²) in [6.07, 6.45) is 0. The molecule has 0 spiro atoms. The number of aromatic hydroxyl groups is 1. The van der Waals surface area contributed by atoms with E-state index in [4.69, 9.17) is 4.74 Å². The first-order chi connectivity index (χ1) is 13.3. The van der Waals surface area contributed by atoms with Crippen LogP contribution >= 0.6 is 0 Å². The topological polar surface area (TPSA) is 119 Å². The zero-order valence-electron chi connectivity index (χ0n) is 15.5. The number of ether oxygens (including phenoxy) is 1. The maximum absolute atomic E-state index is 12.1. The molecule has 0 aliphatic rings. The Morgan fingerprint density at radius 1 is 1.25 bits per heavy atom. The molecule has 0 fully saturated rings. The minimum absolute atomic E-state index is 0.0419. The van der Waals surface area contributed by atoms with Gasteiger partial charge in [-0.15, -0.1) is 10.2 Å². The first-order valence-electron chi connectivity index (χ1n) is 8.39. The number of amides is 1. The van der Waals surface area contributed by atoms with Crippen LogP contribution in [-0.4, -0.2) is 27.1 Å². The minimum atomic E-state index is -0.649. The number of benzene rings is 2. The Balaban J connectivity index is 1.76. The Hall–Kier alpha value is -3.75. The second-order valence-corrected chi connectivity index (χ2v) is 6.30. The normalized spacial score (nSPS) is 11.2. The summed E-state index contributed by atoms with van der Waals surface area (Å²) in [4.78, 5) is 22.5. The second kappa shape index (κ2) is 7.47. The molecule has 1 aromatic heterocycles. The predicted octanol–water partition coefficient (Wildman–Crippen LogP) is 4.10. The average Bonchev–Trinajstić information content (AvgIpc) is 2.90. The lowest BCUT2D eigenvalue weighted by Crippen LogP contribution is -2.09. The number of azo groups is 1. The number of rotatable bonds is 5. The first-order valence-corrected chi connectivity index (χ1v) is 8.39. The van der Waals surface area contributed by atoms with Crippen molar-refractivity contribution >= 4 is 28.2 Å². The molecule has 0 unspecified atom stereocenters. The molecule has 0 saturated heterocycles. The lowest BCUT2D eigenvalue weighted by molar-refractivity contribution is -0.385. The van der Waals surface area contributed by atoms with Crippen LogP contribution in [-0.2, 0) is 11.8 Å². The monoisotopic (exact) mass is 382 g/mol. The van der Waals surface area contributed by atoms with Crippen LogP contribution in [0, 0.1) is 24.0 Å². The fraction of sp³-hybridized carbons (Fsp3) is 0.211. The summed E-state index contributed by atoms with van der Waals surface area (Å²) in [5.74, 6) is -0.354. The van der Waals surface area contributed by atoms with E-state index in [-0.39, 0.29) is 23.9 Å². The summed E-state index contributed by atoms with van der Waals surface area (Å²) in [6.45, 7) is 2.94. The van der Waals surface area contributed by atoms with E-state index in [1.54, 1.807) is 37.6 Å². The molecule has 0 atom stereocenters. The number of nitrogens with zero attached hydrogens (tertiary/aromatic N) is 4. The van der Waals surface area contributed by atoms with E-state index in [0.29, 0.717) is 22.3 Å². The fourth-order valence-corrected chi connectivity index (χ4v) is 2.99. The maximum Gasteiger partial charge on any atom is 0.302 e.